The van der Waals surface area contributed by atoms with E-state index in [-0.39, 0.29) is 6.10 Å². The highest BCUT2D eigenvalue weighted by molar-refractivity contribution is 6.39. The van der Waals surface area contributed by atoms with Crippen molar-refractivity contribution in [1.82, 2.24) is 10.2 Å². The summed E-state index contributed by atoms with van der Waals surface area (Å²) in [6, 6.07) is 5.86. The molecule has 3 N–H and O–H groups in total. The first-order chi connectivity index (χ1) is 12.1. The van der Waals surface area contributed by atoms with Crippen LogP contribution < -0.4 is 10.6 Å². The predicted molar refractivity (Wildman–Crippen MR) is 96.4 cm³/mol. The van der Waals surface area contributed by atoms with Gasteiger partial charge in [-0.25, -0.2) is 0 Å². The SMILES string of the molecule is O=C(NCCCN1CCC(O)CC1)C(=O)Nc1ccc2c(c1)CCC2. The van der Waals surface area contributed by atoms with Crippen LogP contribution in [0.4, 0.5) is 5.69 Å². The van der Waals surface area contributed by atoms with Gasteiger partial charge in [-0.1, -0.05) is 6.07 Å². The summed E-state index contributed by atoms with van der Waals surface area (Å²) in [5, 5.41) is 14.8. The van der Waals surface area contributed by atoms with Crippen molar-refractivity contribution >= 4 is 17.5 Å². The molecule has 0 spiro atoms. The Labute approximate surface area is 148 Å². The summed E-state index contributed by atoms with van der Waals surface area (Å²) in [5.41, 5.74) is 3.30. The summed E-state index contributed by atoms with van der Waals surface area (Å²) >= 11 is 0. The van der Waals surface area contributed by atoms with Crippen LogP contribution in [0.3, 0.4) is 0 Å². The van der Waals surface area contributed by atoms with Crippen LogP contribution in [0.2, 0.25) is 0 Å². The third-order valence-corrected chi connectivity index (χ3v) is 5.06. The van der Waals surface area contributed by atoms with Crippen LogP contribution in [0.5, 0.6) is 0 Å². The number of rotatable bonds is 5. The Kier molecular flexibility index (Phi) is 6.04. The number of aryl methyl sites for hydroxylation is 2. The average molecular weight is 345 g/mol. The first-order valence-corrected chi connectivity index (χ1v) is 9.23. The van der Waals surface area contributed by atoms with Gasteiger partial charge in [0, 0.05) is 25.3 Å². The average Bonchev–Trinajstić information content (AvgIpc) is 3.07. The zero-order valence-corrected chi connectivity index (χ0v) is 14.6. The fourth-order valence-electron chi connectivity index (χ4n) is 3.57. The Morgan fingerprint density at radius 3 is 2.68 bits per heavy atom. The molecule has 25 heavy (non-hydrogen) atoms. The Morgan fingerprint density at radius 2 is 1.88 bits per heavy atom. The molecule has 1 aromatic rings. The topological polar surface area (TPSA) is 81.7 Å². The Bertz CT molecular complexity index is 624. The highest BCUT2D eigenvalue weighted by Crippen LogP contribution is 2.24. The van der Waals surface area contributed by atoms with Crippen LogP contribution in [-0.4, -0.2) is 54.1 Å². The van der Waals surface area contributed by atoms with Gasteiger partial charge in [-0.2, -0.15) is 0 Å². The Hall–Kier alpha value is -1.92. The Balaban J connectivity index is 1.36. The number of aliphatic hydroxyl groups is 1. The molecule has 1 fully saturated rings. The zero-order valence-electron chi connectivity index (χ0n) is 14.6. The van der Waals surface area contributed by atoms with Crippen molar-refractivity contribution in [3.63, 3.8) is 0 Å². The molecule has 0 saturated carbocycles. The molecule has 136 valence electrons. The summed E-state index contributed by atoms with van der Waals surface area (Å²) < 4.78 is 0. The first-order valence-electron chi connectivity index (χ1n) is 9.23. The van der Waals surface area contributed by atoms with E-state index in [1.165, 1.54) is 11.1 Å². The van der Waals surface area contributed by atoms with Crippen LogP contribution >= 0.6 is 0 Å². The smallest absolute Gasteiger partial charge is 0.313 e. The van der Waals surface area contributed by atoms with Gasteiger partial charge >= 0.3 is 11.8 Å². The van der Waals surface area contributed by atoms with Gasteiger partial charge in [-0.05, 0) is 68.3 Å². The number of nitrogens with one attached hydrogen (secondary N) is 2. The van der Waals surface area contributed by atoms with Gasteiger partial charge in [0.25, 0.3) is 0 Å². The number of hydrogen-bond donors (Lipinski definition) is 3. The number of hydrogen-bond acceptors (Lipinski definition) is 4. The molecule has 6 nitrogen and oxygen atoms in total. The molecule has 1 aliphatic heterocycles. The number of aliphatic hydroxyl groups excluding tert-OH is 1. The lowest BCUT2D eigenvalue weighted by atomic mass is 10.1. The molecule has 1 aliphatic carbocycles. The molecule has 1 aromatic carbocycles. The molecular weight excluding hydrogens is 318 g/mol. The molecule has 1 saturated heterocycles. The van der Waals surface area contributed by atoms with E-state index in [0.717, 1.165) is 58.2 Å². The molecule has 2 aliphatic rings. The van der Waals surface area contributed by atoms with Gasteiger partial charge in [-0.15, -0.1) is 0 Å². The normalized spacial score (nSPS) is 18.0. The maximum atomic E-state index is 12.0. The third kappa shape index (κ3) is 5.03. The molecule has 0 unspecified atom stereocenters. The maximum absolute atomic E-state index is 12.0. The second kappa shape index (κ2) is 8.45. The van der Waals surface area contributed by atoms with Crippen LogP contribution in [0, 0.1) is 0 Å². The summed E-state index contributed by atoms with van der Waals surface area (Å²) in [6.07, 6.45) is 5.56. The summed E-state index contributed by atoms with van der Waals surface area (Å²) in [7, 11) is 0. The Morgan fingerprint density at radius 1 is 1.12 bits per heavy atom. The summed E-state index contributed by atoms with van der Waals surface area (Å²) in [4.78, 5) is 26.2. The molecule has 1 heterocycles. The monoisotopic (exact) mass is 345 g/mol. The lowest BCUT2D eigenvalue weighted by Gasteiger charge is -2.29. The quantitative estimate of drug-likeness (QED) is 0.551. The van der Waals surface area contributed by atoms with Crippen LogP contribution in [-0.2, 0) is 22.4 Å². The number of nitrogens with zero attached hydrogens (tertiary/aromatic N) is 1. The molecule has 2 amide bonds. The molecule has 0 radical (unpaired) electrons. The highest BCUT2D eigenvalue weighted by atomic mass is 16.3. The minimum Gasteiger partial charge on any atom is -0.393 e. The highest BCUT2D eigenvalue weighted by Gasteiger charge is 2.18. The van der Waals surface area contributed by atoms with E-state index in [9.17, 15) is 14.7 Å². The largest absolute Gasteiger partial charge is 0.393 e. The number of anilines is 1. The lowest BCUT2D eigenvalue weighted by molar-refractivity contribution is -0.136. The number of amides is 2. The number of fused-ring (bicyclic) bond motifs is 1. The molecule has 0 atom stereocenters. The molecular formula is C19H27N3O3. The minimum absolute atomic E-state index is 0.168. The van der Waals surface area contributed by atoms with Crippen molar-refractivity contribution in [3.8, 4) is 0 Å². The van der Waals surface area contributed by atoms with Crippen molar-refractivity contribution in [2.24, 2.45) is 0 Å². The van der Waals surface area contributed by atoms with Gasteiger partial charge in [0.15, 0.2) is 0 Å². The standard InChI is InChI=1S/C19H27N3O3/c23-17-7-11-22(12-8-17)10-2-9-20-18(24)19(25)21-16-6-5-14-3-1-4-15(14)13-16/h5-6,13,17,23H,1-4,7-12H2,(H,20,24)(H,21,25). The van der Waals surface area contributed by atoms with E-state index in [1.807, 2.05) is 18.2 Å². The van der Waals surface area contributed by atoms with Gasteiger partial charge in [-0.3, -0.25) is 9.59 Å². The molecule has 0 bridgehead atoms. The van der Waals surface area contributed by atoms with Crippen molar-refractivity contribution < 1.29 is 14.7 Å². The van der Waals surface area contributed by atoms with Crippen molar-refractivity contribution in [3.05, 3.63) is 29.3 Å². The fourth-order valence-corrected chi connectivity index (χ4v) is 3.57. The van der Waals surface area contributed by atoms with E-state index >= 15 is 0 Å². The van der Waals surface area contributed by atoms with E-state index in [1.54, 1.807) is 0 Å². The first kappa shape index (κ1) is 17.9. The van der Waals surface area contributed by atoms with E-state index in [4.69, 9.17) is 0 Å². The maximum Gasteiger partial charge on any atom is 0.313 e. The molecule has 6 heteroatoms. The zero-order chi connectivity index (χ0) is 17.6. The van der Waals surface area contributed by atoms with E-state index < -0.39 is 11.8 Å². The summed E-state index contributed by atoms with van der Waals surface area (Å²) in [6.45, 7) is 3.15. The van der Waals surface area contributed by atoms with Crippen LogP contribution in [0.1, 0.15) is 36.8 Å². The van der Waals surface area contributed by atoms with Crippen molar-refractivity contribution in [2.45, 2.75) is 44.6 Å². The van der Waals surface area contributed by atoms with Gasteiger partial charge in [0.05, 0.1) is 6.10 Å². The number of benzene rings is 1. The summed E-state index contributed by atoms with van der Waals surface area (Å²) in [5.74, 6) is -1.20. The minimum atomic E-state index is -0.612. The number of carbonyl (C=O) groups excluding carboxylic acids is 2. The van der Waals surface area contributed by atoms with Crippen LogP contribution in [0.15, 0.2) is 18.2 Å². The molecule has 3 rings (SSSR count). The predicted octanol–water partition coefficient (Wildman–Crippen LogP) is 1.08. The van der Waals surface area contributed by atoms with E-state index in [2.05, 4.69) is 15.5 Å². The lowest BCUT2D eigenvalue weighted by Crippen LogP contribution is -2.39. The van der Waals surface area contributed by atoms with E-state index in [0.29, 0.717) is 12.2 Å². The van der Waals surface area contributed by atoms with Crippen molar-refractivity contribution in [2.75, 3.05) is 31.5 Å². The fraction of sp³-hybridized carbons (Fsp3) is 0.579. The number of likely N-dealkylation sites (tertiary alicyclic amines) is 1. The van der Waals surface area contributed by atoms with Crippen molar-refractivity contribution in [1.29, 1.82) is 0 Å². The number of carbonyl (C=O) groups is 2. The van der Waals surface area contributed by atoms with Gasteiger partial charge in [0.1, 0.15) is 0 Å². The van der Waals surface area contributed by atoms with Crippen LogP contribution in [0.25, 0.3) is 0 Å². The van der Waals surface area contributed by atoms with Gasteiger partial charge < -0.3 is 20.6 Å². The second-order valence-corrected chi connectivity index (χ2v) is 6.97. The second-order valence-electron chi connectivity index (χ2n) is 6.97. The number of piperidine rings is 1. The van der Waals surface area contributed by atoms with Gasteiger partial charge in [0.2, 0.25) is 0 Å². The molecule has 0 aromatic heterocycles. The third-order valence-electron chi connectivity index (χ3n) is 5.06.